The summed E-state index contributed by atoms with van der Waals surface area (Å²) in [5.74, 6) is 0. The molecule has 0 atom stereocenters. The van der Waals surface area contributed by atoms with E-state index < -0.39 is 4.92 Å². The fourth-order valence-electron chi connectivity index (χ4n) is 1.83. The lowest BCUT2D eigenvalue weighted by atomic mass is 9.93. The first kappa shape index (κ1) is 15.8. The van der Waals surface area contributed by atoms with E-state index in [1.54, 1.807) is 6.92 Å². The molecule has 0 aliphatic carbocycles. The van der Waals surface area contributed by atoms with Gasteiger partial charge in [-0.1, -0.05) is 20.8 Å². The van der Waals surface area contributed by atoms with Gasteiger partial charge in [-0.05, 0) is 18.5 Å². The normalized spacial score (nSPS) is 11.7. The van der Waals surface area contributed by atoms with Crippen LogP contribution in [0.3, 0.4) is 0 Å². The van der Waals surface area contributed by atoms with Gasteiger partial charge >= 0.3 is 5.69 Å². The van der Waals surface area contributed by atoms with Crippen LogP contribution in [-0.4, -0.2) is 19.9 Å². The van der Waals surface area contributed by atoms with Crippen LogP contribution in [0.4, 0.5) is 5.69 Å². The minimum absolute atomic E-state index is 0.0145. The Morgan fingerprint density at radius 2 is 2.00 bits per heavy atom. The average Bonchev–Trinajstić information content (AvgIpc) is 2.75. The highest BCUT2D eigenvalue weighted by atomic mass is 35.5. The maximum Gasteiger partial charge on any atom is 0.312 e. The van der Waals surface area contributed by atoms with Crippen LogP contribution in [0.15, 0.2) is 5.38 Å². The highest BCUT2D eigenvalue weighted by Gasteiger charge is 2.24. The number of nitro groups is 1. The number of nitrogens with zero attached hydrogens (tertiary/aromatic N) is 4. The fourth-order valence-corrected chi connectivity index (χ4v) is 3.08. The molecule has 2 aromatic heterocycles. The molecule has 8 heteroatoms. The average molecular weight is 327 g/mol. The number of thiazole rings is 1. The Labute approximate surface area is 131 Å². The molecule has 0 saturated carbocycles. The third-order valence-electron chi connectivity index (χ3n) is 2.92. The van der Waals surface area contributed by atoms with Gasteiger partial charge in [0.1, 0.15) is 11.4 Å². The number of aryl methyl sites for hydroxylation is 1. The SMILES string of the molecule is Cc1nc(Cl)nc(Cc2nc(C(C)(C)C)cs2)c1[N+](=O)[O-]. The maximum absolute atomic E-state index is 11.2. The molecule has 0 fully saturated rings. The summed E-state index contributed by atoms with van der Waals surface area (Å²) in [5.41, 5.74) is 1.38. The van der Waals surface area contributed by atoms with E-state index in [0.717, 1.165) is 10.7 Å². The first-order chi connectivity index (χ1) is 9.68. The van der Waals surface area contributed by atoms with Crippen molar-refractivity contribution in [3.63, 3.8) is 0 Å². The van der Waals surface area contributed by atoms with Crippen LogP contribution in [0.25, 0.3) is 0 Å². The summed E-state index contributed by atoms with van der Waals surface area (Å²) in [6, 6.07) is 0. The second-order valence-corrected chi connectivity index (χ2v) is 6.96. The molecule has 2 aromatic rings. The van der Waals surface area contributed by atoms with Crippen LogP contribution in [0, 0.1) is 17.0 Å². The van der Waals surface area contributed by atoms with Gasteiger partial charge in [0, 0.05) is 17.2 Å². The van der Waals surface area contributed by atoms with E-state index in [2.05, 4.69) is 35.7 Å². The van der Waals surface area contributed by atoms with Gasteiger partial charge in [-0.3, -0.25) is 10.1 Å². The summed E-state index contributed by atoms with van der Waals surface area (Å²) in [5, 5.41) is 13.9. The van der Waals surface area contributed by atoms with Gasteiger partial charge in [-0.15, -0.1) is 11.3 Å². The zero-order valence-electron chi connectivity index (χ0n) is 12.2. The van der Waals surface area contributed by atoms with Crippen molar-refractivity contribution in [3.05, 3.63) is 42.9 Å². The Balaban J connectivity index is 2.40. The van der Waals surface area contributed by atoms with E-state index in [1.165, 1.54) is 11.3 Å². The minimum Gasteiger partial charge on any atom is -0.258 e. The molecule has 21 heavy (non-hydrogen) atoms. The first-order valence-electron chi connectivity index (χ1n) is 6.30. The number of hydrogen-bond donors (Lipinski definition) is 0. The van der Waals surface area contributed by atoms with Gasteiger partial charge in [0.15, 0.2) is 0 Å². The largest absolute Gasteiger partial charge is 0.312 e. The predicted molar refractivity (Wildman–Crippen MR) is 82.1 cm³/mol. The second-order valence-electron chi connectivity index (χ2n) is 5.68. The second kappa shape index (κ2) is 5.65. The molecule has 6 nitrogen and oxygen atoms in total. The standard InChI is InChI=1S/C13H15ClN4O2S/c1-7-11(18(19)20)8(16-12(14)15-7)5-10-17-9(6-21-10)13(2,3)4/h6H,5H2,1-4H3. The zero-order valence-corrected chi connectivity index (χ0v) is 13.7. The minimum atomic E-state index is -0.473. The smallest absolute Gasteiger partial charge is 0.258 e. The van der Waals surface area contributed by atoms with Crippen molar-refractivity contribution in [1.29, 1.82) is 0 Å². The zero-order chi connectivity index (χ0) is 15.8. The van der Waals surface area contributed by atoms with Gasteiger partial charge < -0.3 is 0 Å². The van der Waals surface area contributed by atoms with E-state index in [-0.39, 0.29) is 28.5 Å². The Morgan fingerprint density at radius 1 is 1.33 bits per heavy atom. The summed E-state index contributed by atoms with van der Waals surface area (Å²) >= 11 is 7.28. The van der Waals surface area contributed by atoms with Crippen molar-refractivity contribution < 1.29 is 4.92 Å². The van der Waals surface area contributed by atoms with Crippen molar-refractivity contribution in [2.45, 2.75) is 39.5 Å². The van der Waals surface area contributed by atoms with Crippen LogP contribution < -0.4 is 0 Å². The summed E-state index contributed by atoms with van der Waals surface area (Å²) in [6.45, 7) is 7.76. The monoisotopic (exact) mass is 326 g/mol. The molecule has 0 aromatic carbocycles. The van der Waals surface area contributed by atoms with Crippen LogP contribution in [0.2, 0.25) is 5.28 Å². The Hall–Kier alpha value is -1.60. The van der Waals surface area contributed by atoms with Crippen LogP contribution >= 0.6 is 22.9 Å². The molecule has 2 rings (SSSR count). The summed E-state index contributed by atoms with van der Waals surface area (Å²) in [6.07, 6.45) is 0.278. The number of halogens is 1. The van der Waals surface area contributed by atoms with Crippen LogP contribution in [0.1, 0.15) is 42.9 Å². The molecule has 0 spiro atoms. The molecule has 112 valence electrons. The van der Waals surface area contributed by atoms with Gasteiger partial charge in [-0.25, -0.2) is 15.0 Å². The van der Waals surface area contributed by atoms with E-state index in [0.29, 0.717) is 5.69 Å². The first-order valence-corrected chi connectivity index (χ1v) is 7.56. The molecule has 0 unspecified atom stereocenters. The van der Waals surface area contributed by atoms with Crippen molar-refractivity contribution in [2.24, 2.45) is 0 Å². The van der Waals surface area contributed by atoms with Gasteiger partial charge in [0.25, 0.3) is 0 Å². The summed E-state index contributed by atoms with van der Waals surface area (Å²) in [7, 11) is 0. The summed E-state index contributed by atoms with van der Waals surface area (Å²) in [4.78, 5) is 23.1. The van der Waals surface area contributed by atoms with E-state index >= 15 is 0 Å². The number of rotatable bonds is 3. The number of aromatic nitrogens is 3. The molecular weight excluding hydrogens is 312 g/mol. The van der Waals surface area contributed by atoms with Crippen molar-refractivity contribution >= 4 is 28.6 Å². The maximum atomic E-state index is 11.2. The molecule has 0 N–H and O–H groups in total. The number of hydrogen-bond acceptors (Lipinski definition) is 6. The molecule has 0 bridgehead atoms. The highest BCUT2D eigenvalue weighted by molar-refractivity contribution is 7.09. The molecule has 0 radical (unpaired) electrons. The molecule has 0 saturated heterocycles. The summed E-state index contributed by atoms with van der Waals surface area (Å²) < 4.78 is 0. The van der Waals surface area contributed by atoms with Crippen molar-refractivity contribution in [1.82, 2.24) is 15.0 Å². The third-order valence-corrected chi connectivity index (χ3v) is 3.94. The lowest BCUT2D eigenvalue weighted by molar-refractivity contribution is -0.386. The third kappa shape index (κ3) is 3.54. The molecular formula is C13H15ClN4O2S. The van der Waals surface area contributed by atoms with Gasteiger partial charge in [-0.2, -0.15) is 0 Å². The predicted octanol–water partition coefficient (Wildman–Crippen LogP) is 3.69. The van der Waals surface area contributed by atoms with Crippen molar-refractivity contribution in [2.75, 3.05) is 0 Å². The lowest BCUT2D eigenvalue weighted by Crippen LogP contribution is -2.11. The quantitative estimate of drug-likeness (QED) is 0.488. The topological polar surface area (TPSA) is 81.8 Å². The van der Waals surface area contributed by atoms with Crippen LogP contribution in [-0.2, 0) is 11.8 Å². The Morgan fingerprint density at radius 3 is 2.52 bits per heavy atom. The van der Waals surface area contributed by atoms with E-state index in [9.17, 15) is 10.1 Å². The molecule has 0 aliphatic rings. The lowest BCUT2D eigenvalue weighted by Gasteiger charge is -2.14. The van der Waals surface area contributed by atoms with E-state index in [4.69, 9.17) is 11.6 Å². The molecule has 0 aliphatic heterocycles. The van der Waals surface area contributed by atoms with Gasteiger partial charge in [0.05, 0.1) is 15.6 Å². The van der Waals surface area contributed by atoms with Crippen molar-refractivity contribution in [3.8, 4) is 0 Å². The van der Waals surface area contributed by atoms with E-state index in [1.807, 2.05) is 5.38 Å². The van der Waals surface area contributed by atoms with Crippen LogP contribution in [0.5, 0.6) is 0 Å². The molecule has 2 heterocycles. The molecule has 0 amide bonds. The fraction of sp³-hybridized carbons (Fsp3) is 0.462. The highest BCUT2D eigenvalue weighted by Crippen LogP contribution is 2.28. The Kier molecular flexibility index (Phi) is 4.25. The van der Waals surface area contributed by atoms with Gasteiger partial charge in [0.2, 0.25) is 5.28 Å². The Bertz CT molecular complexity index is 694.